The quantitative estimate of drug-likeness (QED) is 0.483. The van der Waals surface area contributed by atoms with Crippen LogP contribution in [0.2, 0.25) is 0 Å². The molecule has 0 aliphatic rings. The average Bonchev–Trinajstić information content (AvgIpc) is 2.76. The fraction of sp³-hybridized carbons (Fsp3) is 0.533. The lowest BCUT2D eigenvalue weighted by molar-refractivity contribution is 0.528. The number of fused-ring (bicyclic) bond motifs is 1. The summed E-state index contributed by atoms with van der Waals surface area (Å²) < 4.78 is 3.46. The highest BCUT2D eigenvalue weighted by Gasteiger charge is 2.15. The van der Waals surface area contributed by atoms with Crippen molar-refractivity contribution >= 4 is 50.3 Å². The van der Waals surface area contributed by atoms with Gasteiger partial charge < -0.3 is 4.57 Å². The van der Waals surface area contributed by atoms with Gasteiger partial charge in [0, 0.05) is 22.8 Å². The van der Waals surface area contributed by atoms with Crippen LogP contribution in [0.4, 0.5) is 0 Å². The number of thioether (sulfide) groups is 1. The topological polar surface area (TPSA) is 17.8 Å². The van der Waals surface area contributed by atoms with Crippen LogP contribution in [0.5, 0.6) is 0 Å². The molecule has 0 saturated heterocycles. The van der Waals surface area contributed by atoms with Crippen molar-refractivity contribution in [1.82, 2.24) is 9.55 Å². The zero-order valence-electron chi connectivity index (χ0n) is 11.9. The van der Waals surface area contributed by atoms with Crippen LogP contribution in [-0.4, -0.2) is 26.9 Å². The third kappa shape index (κ3) is 3.71. The summed E-state index contributed by atoms with van der Waals surface area (Å²) in [6.07, 6.45) is 1.98. The molecule has 0 aliphatic carbocycles. The molecule has 1 atom stereocenters. The van der Waals surface area contributed by atoms with Gasteiger partial charge in [-0.2, -0.15) is 11.8 Å². The summed E-state index contributed by atoms with van der Waals surface area (Å²) >= 11 is 11.5. The molecule has 0 fully saturated rings. The van der Waals surface area contributed by atoms with Crippen molar-refractivity contribution in [2.24, 2.45) is 0 Å². The van der Waals surface area contributed by atoms with Crippen LogP contribution in [0, 0.1) is 0 Å². The first-order valence-electron chi connectivity index (χ1n) is 6.97. The van der Waals surface area contributed by atoms with E-state index in [0.29, 0.717) is 11.9 Å². The van der Waals surface area contributed by atoms with E-state index < -0.39 is 0 Å². The molecule has 20 heavy (non-hydrogen) atoms. The SMILES string of the molecule is CCSCCC(C)n1c(CCCl)nc2ccc(Br)cc21. The standard InChI is InChI=1S/C15H20BrClN2S/c1-3-20-9-7-11(2)19-14-10-12(16)4-5-13(14)18-15(19)6-8-17/h4-5,10-11H,3,6-9H2,1-2H3. The molecule has 0 amide bonds. The molecule has 0 bridgehead atoms. The van der Waals surface area contributed by atoms with Crippen molar-refractivity contribution in [3.8, 4) is 0 Å². The highest BCUT2D eigenvalue weighted by Crippen LogP contribution is 2.27. The van der Waals surface area contributed by atoms with Crippen molar-refractivity contribution in [3.05, 3.63) is 28.5 Å². The fourth-order valence-electron chi connectivity index (χ4n) is 2.40. The lowest BCUT2D eigenvalue weighted by Gasteiger charge is -2.17. The van der Waals surface area contributed by atoms with E-state index in [1.165, 1.54) is 17.0 Å². The molecule has 0 N–H and O–H groups in total. The lowest BCUT2D eigenvalue weighted by Crippen LogP contribution is -2.11. The molecular formula is C15H20BrClN2S. The highest BCUT2D eigenvalue weighted by atomic mass is 79.9. The van der Waals surface area contributed by atoms with Crippen molar-refractivity contribution < 1.29 is 0 Å². The first-order valence-corrected chi connectivity index (χ1v) is 9.45. The van der Waals surface area contributed by atoms with Gasteiger partial charge in [-0.05, 0) is 43.0 Å². The van der Waals surface area contributed by atoms with Gasteiger partial charge in [0.25, 0.3) is 0 Å². The maximum Gasteiger partial charge on any atom is 0.111 e. The molecule has 1 aromatic carbocycles. The Bertz CT molecular complexity index is 570. The predicted molar refractivity (Wildman–Crippen MR) is 94.2 cm³/mol. The summed E-state index contributed by atoms with van der Waals surface area (Å²) in [5.41, 5.74) is 2.26. The molecule has 0 radical (unpaired) electrons. The van der Waals surface area contributed by atoms with Crippen molar-refractivity contribution in [2.75, 3.05) is 17.4 Å². The average molecular weight is 376 g/mol. The predicted octanol–water partition coefficient (Wildman–Crippen LogP) is 5.28. The van der Waals surface area contributed by atoms with Crippen LogP contribution in [0.3, 0.4) is 0 Å². The van der Waals surface area contributed by atoms with Gasteiger partial charge in [0.05, 0.1) is 11.0 Å². The number of hydrogen-bond acceptors (Lipinski definition) is 2. The molecule has 0 spiro atoms. The molecule has 2 rings (SSSR count). The van der Waals surface area contributed by atoms with Gasteiger partial charge in [-0.3, -0.25) is 0 Å². The molecule has 110 valence electrons. The number of benzene rings is 1. The van der Waals surface area contributed by atoms with E-state index in [0.717, 1.165) is 28.7 Å². The summed E-state index contributed by atoms with van der Waals surface area (Å²) in [4.78, 5) is 4.74. The van der Waals surface area contributed by atoms with E-state index in [9.17, 15) is 0 Å². The van der Waals surface area contributed by atoms with Crippen LogP contribution in [0.25, 0.3) is 11.0 Å². The zero-order valence-corrected chi connectivity index (χ0v) is 15.1. The van der Waals surface area contributed by atoms with Crippen LogP contribution in [-0.2, 0) is 6.42 Å². The number of nitrogens with zero attached hydrogens (tertiary/aromatic N) is 2. The number of imidazole rings is 1. The van der Waals surface area contributed by atoms with E-state index in [4.69, 9.17) is 16.6 Å². The first-order chi connectivity index (χ1) is 9.67. The number of halogens is 2. The van der Waals surface area contributed by atoms with Gasteiger partial charge in [0.2, 0.25) is 0 Å². The molecular weight excluding hydrogens is 356 g/mol. The number of hydrogen-bond donors (Lipinski definition) is 0. The highest BCUT2D eigenvalue weighted by molar-refractivity contribution is 9.10. The summed E-state index contributed by atoms with van der Waals surface area (Å²) in [5.74, 6) is 4.08. The molecule has 1 unspecified atom stereocenters. The Kier molecular flexibility index (Phi) is 6.24. The summed E-state index contributed by atoms with van der Waals surface area (Å²) in [6, 6.07) is 6.72. The number of alkyl halides is 1. The normalized spacial score (nSPS) is 13.0. The van der Waals surface area contributed by atoms with Gasteiger partial charge in [-0.15, -0.1) is 11.6 Å². The fourth-order valence-corrected chi connectivity index (χ4v) is 3.71. The lowest BCUT2D eigenvalue weighted by atomic mass is 10.2. The Morgan fingerprint density at radius 3 is 2.95 bits per heavy atom. The molecule has 2 aromatic rings. The minimum atomic E-state index is 0.451. The van der Waals surface area contributed by atoms with Crippen molar-refractivity contribution in [2.45, 2.75) is 32.7 Å². The van der Waals surface area contributed by atoms with Crippen LogP contribution >= 0.6 is 39.3 Å². The summed E-state index contributed by atoms with van der Waals surface area (Å²) in [7, 11) is 0. The van der Waals surface area contributed by atoms with Gasteiger partial charge in [0.1, 0.15) is 5.82 Å². The van der Waals surface area contributed by atoms with Crippen molar-refractivity contribution in [1.29, 1.82) is 0 Å². The van der Waals surface area contributed by atoms with E-state index in [1.54, 1.807) is 0 Å². The van der Waals surface area contributed by atoms with Crippen LogP contribution in [0.15, 0.2) is 22.7 Å². The largest absolute Gasteiger partial charge is 0.325 e. The number of rotatable bonds is 7. The Labute approximate surface area is 138 Å². The Morgan fingerprint density at radius 2 is 2.25 bits per heavy atom. The minimum absolute atomic E-state index is 0.451. The smallest absolute Gasteiger partial charge is 0.111 e. The second-order valence-electron chi connectivity index (χ2n) is 4.80. The molecule has 1 aromatic heterocycles. The van der Waals surface area contributed by atoms with E-state index in [1.807, 2.05) is 17.8 Å². The molecule has 5 heteroatoms. The maximum absolute atomic E-state index is 5.93. The van der Waals surface area contributed by atoms with Gasteiger partial charge in [-0.1, -0.05) is 22.9 Å². The maximum atomic E-state index is 5.93. The van der Waals surface area contributed by atoms with Crippen LogP contribution in [0.1, 0.15) is 32.1 Å². The van der Waals surface area contributed by atoms with Gasteiger partial charge in [0.15, 0.2) is 0 Å². The van der Waals surface area contributed by atoms with E-state index >= 15 is 0 Å². The number of aromatic nitrogens is 2. The minimum Gasteiger partial charge on any atom is -0.325 e. The monoisotopic (exact) mass is 374 g/mol. The van der Waals surface area contributed by atoms with E-state index in [2.05, 4.69) is 46.5 Å². The third-order valence-corrected chi connectivity index (χ3v) is 4.98. The Balaban J connectivity index is 2.36. The van der Waals surface area contributed by atoms with Crippen molar-refractivity contribution in [3.63, 3.8) is 0 Å². The third-order valence-electron chi connectivity index (χ3n) is 3.37. The number of aryl methyl sites for hydroxylation is 1. The van der Waals surface area contributed by atoms with Gasteiger partial charge in [-0.25, -0.2) is 4.98 Å². The Hall–Kier alpha value is -0.190. The summed E-state index contributed by atoms with van der Waals surface area (Å²) in [6.45, 7) is 4.48. The van der Waals surface area contributed by atoms with Gasteiger partial charge >= 0.3 is 0 Å². The zero-order chi connectivity index (χ0) is 14.5. The molecule has 0 saturated carbocycles. The molecule has 2 nitrogen and oxygen atoms in total. The van der Waals surface area contributed by atoms with Crippen LogP contribution < -0.4 is 0 Å². The Morgan fingerprint density at radius 1 is 1.45 bits per heavy atom. The van der Waals surface area contributed by atoms with E-state index in [-0.39, 0.29) is 0 Å². The second kappa shape index (κ2) is 7.71. The molecule has 0 aliphatic heterocycles. The second-order valence-corrected chi connectivity index (χ2v) is 7.49. The first kappa shape index (κ1) is 16.2. The summed E-state index contributed by atoms with van der Waals surface area (Å²) in [5, 5.41) is 0. The molecule has 1 heterocycles.